The molecule has 0 saturated carbocycles. The van der Waals surface area contributed by atoms with E-state index in [1.54, 1.807) is 24.7 Å². The number of rotatable bonds is 7. The van der Waals surface area contributed by atoms with Gasteiger partial charge in [0, 0.05) is 52.5 Å². The van der Waals surface area contributed by atoms with Gasteiger partial charge in [-0.2, -0.15) is 0 Å². The molecule has 2 aromatic heterocycles. The van der Waals surface area contributed by atoms with E-state index in [4.69, 9.17) is 15.7 Å². The first-order valence-corrected chi connectivity index (χ1v) is 12.5. The lowest BCUT2D eigenvalue weighted by Gasteiger charge is -2.13. The molecule has 4 N–H and O–H groups in total. The van der Waals surface area contributed by atoms with Crippen molar-refractivity contribution in [3.63, 3.8) is 0 Å². The molecule has 8 nitrogen and oxygen atoms in total. The third-order valence-electron chi connectivity index (χ3n) is 6.42. The highest BCUT2D eigenvalue weighted by Gasteiger charge is 2.12. The molecule has 0 fully saturated rings. The van der Waals surface area contributed by atoms with Crippen molar-refractivity contribution in [3.8, 4) is 16.9 Å². The van der Waals surface area contributed by atoms with Crippen LogP contribution in [0.1, 0.15) is 15.9 Å². The summed E-state index contributed by atoms with van der Waals surface area (Å²) in [6.07, 6.45) is 5.25. The number of imidazole rings is 1. The van der Waals surface area contributed by atoms with Crippen LogP contribution in [0.2, 0.25) is 0 Å². The molecule has 39 heavy (non-hydrogen) atoms. The van der Waals surface area contributed by atoms with Gasteiger partial charge in [0.05, 0.1) is 17.5 Å². The third kappa shape index (κ3) is 5.09. The maximum Gasteiger partial charge on any atom is 0.255 e. The van der Waals surface area contributed by atoms with Crippen molar-refractivity contribution in [2.75, 3.05) is 10.6 Å². The van der Waals surface area contributed by atoms with E-state index in [1.807, 2.05) is 95.7 Å². The number of carbonyl (C=O) groups excluding carboxylic acids is 1. The van der Waals surface area contributed by atoms with Crippen molar-refractivity contribution in [2.45, 2.75) is 6.54 Å². The lowest BCUT2D eigenvalue weighted by Crippen LogP contribution is -2.15. The fourth-order valence-corrected chi connectivity index (χ4v) is 4.41. The molecule has 8 heteroatoms. The van der Waals surface area contributed by atoms with Crippen LogP contribution in [0.5, 0.6) is 0 Å². The molecule has 1 amide bonds. The van der Waals surface area contributed by atoms with Gasteiger partial charge in [-0.05, 0) is 48.0 Å². The summed E-state index contributed by atoms with van der Waals surface area (Å²) in [5, 5.41) is 7.26. The van der Waals surface area contributed by atoms with E-state index < -0.39 is 0 Å². The fraction of sp³-hybridized carbons (Fsp3) is 0.0323. The molecule has 0 bridgehead atoms. The molecule has 0 radical (unpaired) electrons. The minimum Gasteiger partial charge on any atom is -0.326 e. The van der Waals surface area contributed by atoms with Crippen LogP contribution in [0.25, 0.3) is 27.8 Å². The number of carbonyl (C=O) groups is 1. The Bertz CT molecular complexity index is 1750. The number of fused-ring (bicyclic) bond motifs is 1. The normalized spacial score (nSPS) is 10.9. The minimum atomic E-state index is -0.229. The van der Waals surface area contributed by atoms with Gasteiger partial charge >= 0.3 is 0 Å². The summed E-state index contributed by atoms with van der Waals surface area (Å²) in [5.41, 5.74) is 12.3. The lowest BCUT2D eigenvalue weighted by molar-refractivity contribution is 0.102. The zero-order valence-corrected chi connectivity index (χ0v) is 21.0. The third-order valence-corrected chi connectivity index (χ3v) is 6.42. The van der Waals surface area contributed by atoms with E-state index in [-0.39, 0.29) is 5.91 Å². The van der Waals surface area contributed by atoms with Crippen LogP contribution in [-0.2, 0) is 6.54 Å². The number of benzene rings is 4. The van der Waals surface area contributed by atoms with Gasteiger partial charge in [-0.3, -0.25) is 4.79 Å². The Kier molecular flexibility index (Phi) is 6.51. The zero-order valence-electron chi connectivity index (χ0n) is 21.0. The second-order valence-electron chi connectivity index (χ2n) is 8.95. The number of anilines is 3. The molecule has 6 rings (SSSR count). The Morgan fingerprint density at radius 3 is 2.44 bits per heavy atom. The number of hydrogen-bond acceptors (Lipinski definition) is 6. The summed E-state index contributed by atoms with van der Waals surface area (Å²) in [6, 6.07) is 30.9. The molecule has 6 aromatic rings. The van der Waals surface area contributed by atoms with E-state index in [9.17, 15) is 4.79 Å². The van der Waals surface area contributed by atoms with Crippen LogP contribution in [0, 0.1) is 0 Å². The van der Waals surface area contributed by atoms with E-state index in [1.165, 1.54) is 0 Å². The Labute approximate surface area is 225 Å². The first-order chi connectivity index (χ1) is 19.2. The first-order valence-electron chi connectivity index (χ1n) is 12.5. The molecule has 0 spiro atoms. The summed E-state index contributed by atoms with van der Waals surface area (Å²) in [6.45, 7) is 0.305. The molecule has 0 aliphatic carbocycles. The molecule has 4 aromatic carbocycles. The van der Waals surface area contributed by atoms with Crippen molar-refractivity contribution < 1.29 is 4.79 Å². The minimum absolute atomic E-state index is 0.229. The molecule has 0 atom stereocenters. The van der Waals surface area contributed by atoms with Gasteiger partial charge in [0.15, 0.2) is 0 Å². The molecule has 190 valence electrons. The van der Waals surface area contributed by atoms with Gasteiger partial charge < -0.3 is 20.9 Å². The van der Waals surface area contributed by atoms with Crippen molar-refractivity contribution in [1.29, 1.82) is 0 Å². The molecular weight excluding hydrogens is 486 g/mol. The van der Waals surface area contributed by atoms with Crippen LogP contribution in [0.15, 0.2) is 116 Å². The van der Waals surface area contributed by atoms with Gasteiger partial charge in [-0.25, -0.2) is 15.0 Å². The van der Waals surface area contributed by atoms with Gasteiger partial charge in [0.25, 0.3) is 5.91 Å². The number of nitrogens with one attached hydrogen (secondary N) is 2. The molecule has 0 saturated heterocycles. The Morgan fingerprint density at radius 2 is 1.67 bits per heavy atom. The second-order valence-corrected chi connectivity index (χ2v) is 8.95. The number of aromatic nitrogens is 4. The fourth-order valence-electron chi connectivity index (χ4n) is 4.41. The van der Waals surface area contributed by atoms with Crippen molar-refractivity contribution in [1.82, 2.24) is 19.5 Å². The first kappa shape index (κ1) is 24.0. The SMILES string of the molecule is NCc1ccc(-n2ccnc2)cc1NC(=O)c1ccc(Nc2nc(-c3ccccc3)c3ccccc3n2)cc1. The number of amides is 1. The summed E-state index contributed by atoms with van der Waals surface area (Å²) < 4.78 is 1.87. The van der Waals surface area contributed by atoms with Gasteiger partial charge in [0.1, 0.15) is 0 Å². The largest absolute Gasteiger partial charge is 0.326 e. The smallest absolute Gasteiger partial charge is 0.255 e. The Morgan fingerprint density at radius 1 is 0.872 bits per heavy atom. The van der Waals surface area contributed by atoms with Gasteiger partial charge in [-0.15, -0.1) is 0 Å². The maximum absolute atomic E-state index is 13.1. The summed E-state index contributed by atoms with van der Waals surface area (Å²) >= 11 is 0. The van der Waals surface area contributed by atoms with E-state index >= 15 is 0 Å². The number of nitrogens with zero attached hydrogens (tertiary/aromatic N) is 4. The predicted octanol–water partition coefficient (Wildman–Crippen LogP) is 5.94. The number of nitrogens with two attached hydrogens (primary N) is 1. The quantitative estimate of drug-likeness (QED) is 0.245. The maximum atomic E-state index is 13.1. The zero-order chi connectivity index (χ0) is 26.6. The number of para-hydroxylation sites is 1. The monoisotopic (exact) mass is 511 g/mol. The second kappa shape index (κ2) is 10.6. The van der Waals surface area contributed by atoms with E-state index in [0.717, 1.165) is 39.1 Å². The van der Waals surface area contributed by atoms with Crippen molar-refractivity contribution in [2.24, 2.45) is 5.73 Å². The van der Waals surface area contributed by atoms with Gasteiger partial charge in [0.2, 0.25) is 5.95 Å². The van der Waals surface area contributed by atoms with Crippen LogP contribution in [-0.4, -0.2) is 25.4 Å². The molecule has 0 unspecified atom stereocenters. The average molecular weight is 512 g/mol. The topological polar surface area (TPSA) is 111 Å². The van der Waals surface area contributed by atoms with Crippen LogP contribution in [0.4, 0.5) is 17.3 Å². The number of hydrogen-bond donors (Lipinski definition) is 3. The molecule has 0 aliphatic heterocycles. The van der Waals surface area contributed by atoms with Crippen LogP contribution >= 0.6 is 0 Å². The molecule has 0 aliphatic rings. The highest BCUT2D eigenvalue weighted by molar-refractivity contribution is 6.05. The predicted molar refractivity (Wildman–Crippen MR) is 154 cm³/mol. The van der Waals surface area contributed by atoms with Crippen LogP contribution in [0.3, 0.4) is 0 Å². The van der Waals surface area contributed by atoms with Crippen molar-refractivity contribution in [3.05, 3.63) is 127 Å². The average Bonchev–Trinajstić information content (AvgIpc) is 3.53. The lowest BCUT2D eigenvalue weighted by atomic mass is 10.1. The Hall–Kier alpha value is -5.34. The summed E-state index contributed by atoms with van der Waals surface area (Å²) in [7, 11) is 0. The Balaban J connectivity index is 1.23. The summed E-state index contributed by atoms with van der Waals surface area (Å²) in [4.78, 5) is 26.7. The van der Waals surface area contributed by atoms with Crippen molar-refractivity contribution >= 4 is 34.1 Å². The summed E-state index contributed by atoms with van der Waals surface area (Å²) in [5.74, 6) is 0.251. The van der Waals surface area contributed by atoms with Gasteiger partial charge in [-0.1, -0.05) is 54.6 Å². The van der Waals surface area contributed by atoms with E-state index in [0.29, 0.717) is 23.7 Å². The molecular formula is C31H25N7O. The molecule has 2 heterocycles. The highest BCUT2D eigenvalue weighted by Crippen LogP contribution is 2.28. The van der Waals surface area contributed by atoms with Crippen LogP contribution < -0.4 is 16.4 Å². The van der Waals surface area contributed by atoms with E-state index in [2.05, 4.69) is 15.6 Å². The highest BCUT2D eigenvalue weighted by atomic mass is 16.1. The standard InChI is InChI=1S/C31H25N7O/c32-19-23-12-15-25(38-17-16-33-20-38)18-28(23)35-30(39)22-10-13-24(14-11-22)34-31-36-27-9-5-4-8-26(27)29(37-31)21-6-2-1-3-7-21/h1-18,20H,19,32H2,(H,35,39)(H,34,36,37).